The number of allylic oxidation sites excluding steroid dienone is 1. The molecule has 1 aromatic carbocycles. The summed E-state index contributed by atoms with van der Waals surface area (Å²) in [6.07, 6.45) is 4.75. The molecule has 0 fully saturated rings. The smallest absolute Gasteiger partial charge is 0.146 e. The maximum atomic E-state index is 10.6. The lowest BCUT2D eigenvalue weighted by molar-refractivity contribution is -0.105. The SMILES string of the molecule is CCC/C(C=O)=C/c1ccccc1. The fourth-order valence-corrected chi connectivity index (χ4v) is 1.22. The Morgan fingerprint density at radius 3 is 2.54 bits per heavy atom. The van der Waals surface area contributed by atoms with E-state index in [0.717, 1.165) is 30.3 Å². The zero-order valence-electron chi connectivity index (χ0n) is 7.86. The number of aldehydes is 1. The fourth-order valence-electron chi connectivity index (χ4n) is 1.22. The molecule has 1 aromatic rings. The second-order valence-electron chi connectivity index (χ2n) is 3.00. The quantitative estimate of drug-likeness (QED) is 0.506. The third-order valence-corrected chi connectivity index (χ3v) is 1.84. The van der Waals surface area contributed by atoms with Gasteiger partial charge in [-0.15, -0.1) is 0 Å². The van der Waals surface area contributed by atoms with Gasteiger partial charge in [0.25, 0.3) is 0 Å². The third-order valence-electron chi connectivity index (χ3n) is 1.84. The van der Waals surface area contributed by atoms with E-state index in [4.69, 9.17) is 0 Å². The van der Waals surface area contributed by atoms with Gasteiger partial charge in [-0.1, -0.05) is 43.7 Å². The lowest BCUT2D eigenvalue weighted by Gasteiger charge is -1.96. The van der Waals surface area contributed by atoms with E-state index in [1.165, 1.54) is 0 Å². The molecule has 0 aliphatic heterocycles. The topological polar surface area (TPSA) is 17.1 Å². The van der Waals surface area contributed by atoms with E-state index in [-0.39, 0.29) is 0 Å². The molecule has 0 aromatic heterocycles. The summed E-state index contributed by atoms with van der Waals surface area (Å²) in [5, 5.41) is 0. The summed E-state index contributed by atoms with van der Waals surface area (Å²) in [7, 11) is 0. The molecule has 0 radical (unpaired) electrons. The third kappa shape index (κ3) is 3.24. The van der Waals surface area contributed by atoms with Crippen molar-refractivity contribution in [2.45, 2.75) is 19.8 Å². The molecule has 0 unspecified atom stereocenters. The van der Waals surface area contributed by atoms with Gasteiger partial charge in [0.15, 0.2) is 0 Å². The number of benzene rings is 1. The second-order valence-corrected chi connectivity index (χ2v) is 3.00. The molecule has 0 amide bonds. The van der Waals surface area contributed by atoms with Crippen LogP contribution in [0.4, 0.5) is 0 Å². The molecule has 0 saturated heterocycles. The van der Waals surface area contributed by atoms with Crippen LogP contribution in [0.3, 0.4) is 0 Å². The highest BCUT2D eigenvalue weighted by Gasteiger charge is 1.93. The molecule has 1 nitrogen and oxygen atoms in total. The zero-order chi connectivity index (χ0) is 9.52. The monoisotopic (exact) mass is 174 g/mol. The Morgan fingerprint density at radius 2 is 2.00 bits per heavy atom. The number of rotatable bonds is 4. The second kappa shape index (κ2) is 5.31. The summed E-state index contributed by atoms with van der Waals surface area (Å²) in [6.45, 7) is 2.07. The molecule has 1 rings (SSSR count). The van der Waals surface area contributed by atoms with Crippen molar-refractivity contribution < 1.29 is 4.79 Å². The van der Waals surface area contributed by atoms with Crippen LogP contribution in [-0.4, -0.2) is 6.29 Å². The highest BCUT2D eigenvalue weighted by molar-refractivity contribution is 5.81. The fraction of sp³-hybridized carbons (Fsp3) is 0.250. The minimum absolute atomic E-state index is 0.860. The summed E-state index contributed by atoms with van der Waals surface area (Å²) in [4.78, 5) is 10.6. The average Bonchev–Trinajstić information content (AvgIpc) is 2.19. The number of carbonyl (C=O) groups excluding carboxylic acids is 1. The van der Waals surface area contributed by atoms with Crippen LogP contribution in [0.25, 0.3) is 6.08 Å². The summed E-state index contributed by atoms with van der Waals surface area (Å²) >= 11 is 0. The molecule has 0 aliphatic rings. The van der Waals surface area contributed by atoms with Crippen molar-refractivity contribution in [2.75, 3.05) is 0 Å². The van der Waals surface area contributed by atoms with Gasteiger partial charge in [-0.3, -0.25) is 4.79 Å². The van der Waals surface area contributed by atoms with Crippen LogP contribution in [0.15, 0.2) is 35.9 Å². The van der Waals surface area contributed by atoms with E-state index in [9.17, 15) is 4.79 Å². The molecular weight excluding hydrogens is 160 g/mol. The number of carbonyl (C=O) groups is 1. The van der Waals surface area contributed by atoms with Crippen molar-refractivity contribution in [1.29, 1.82) is 0 Å². The van der Waals surface area contributed by atoms with Gasteiger partial charge in [-0.05, 0) is 23.6 Å². The molecule has 0 spiro atoms. The lowest BCUT2D eigenvalue weighted by atomic mass is 10.1. The van der Waals surface area contributed by atoms with Gasteiger partial charge < -0.3 is 0 Å². The minimum atomic E-state index is 0.860. The van der Waals surface area contributed by atoms with Crippen LogP contribution < -0.4 is 0 Å². The first-order chi connectivity index (χ1) is 6.36. The Hall–Kier alpha value is -1.37. The summed E-state index contributed by atoms with van der Waals surface area (Å²) in [5.74, 6) is 0. The van der Waals surface area contributed by atoms with Gasteiger partial charge in [0.2, 0.25) is 0 Å². The first-order valence-corrected chi connectivity index (χ1v) is 4.57. The van der Waals surface area contributed by atoms with E-state index in [2.05, 4.69) is 6.92 Å². The Kier molecular flexibility index (Phi) is 3.97. The first-order valence-electron chi connectivity index (χ1n) is 4.57. The molecule has 0 N–H and O–H groups in total. The van der Waals surface area contributed by atoms with Crippen molar-refractivity contribution in [3.05, 3.63) is 41.5 Å². The van der Waals surface area contributed by atoms with Gasteiger partial charge in [0, 0.05) is 0 Å². The van der Waals surface area contributed by atoms with Crippen LogP contribution in [-0.2, 0) is 4.79 Å². The summed E-state index contributed by atoms with van der Waals surface area (Å²) < 4.78 is 0. The van der Waals surface area contributed by atoms with Gasteiger partial charge in [0.1, 0.15) is 6.29 Å². The minimum Gasteiger partial charge on any atom is -0.298 e. The van der Waals surface area contributed by atoms with Crippen molar-refractivity contribution in [2.24, 2.45) is 0 Å². The highest BCUT2D eigenvalue weighted by Crippen LogP contribution is 2.08. The Balaban J connectivity index is 2.79. The van der Waals surface area contributed by atoms with E-state index < -0.39 is 0 Å². The van der Waals surface area contributed by atoms with E-state index >= 15 is 0 Å². The van der Waals surface area contributed by atoms with E-state index in [1.807, 2.05) is 36.4 Å². The first kappa shape index (κ1) is 9.72. The standard InChI is InChI=1S/C12H14O/c1-2-6-12(10-13)9-11-7-4-3-5-8-11/h3-5,7-10H,2,6H2,1H3/b12-9-. The van der Waals surface area contributed by atoms with Gasteiger partial charge in [0.05, 0.1) is 0 Å². The van der Waals surface area contributed by atoms with Crippen LogP contribution >= 0.6 is 0 Å². The normalized spacial score (nSPS) is 11.3. The largest absolute Gasteiger partial charge is 0.298 e. The Morgan fingerprint density at radius 1 is 1.31 bits per heavy atom. The van der Waals surface area contributed by atoms with Gasteiger partial charge >= 0.3 is 0 Å². The maximum absolute atomic E-state index is 10.6. The Labute approximate surface area is 79.1 Å². The number of hydrogen-bond donors (Lipinski definition) is 0. The van der Waals surface area contributed by atoms with Crippen molar-refractivity contribution >= 4 is 12.4 Å². The predicted octanol–water partition coefficient (Wildman–Crippen LogP) is 3.07. The van der Waals surface area contributed by atoms with E-state index in [0.29, 0.717) is 0 Å². The molecule has 1 heteroatoms. The maximum Gasteiger partial charge on any atom is 0.146 e. The lowest BCUT2D eigenvalue weighted by Crippen LogP contribution is -1.83. The summed E-state index contributed by atoms with van der Waals surface area (Å²) in [6, 6.07) is 9.91. The van der Waals surface area contributed by atoms with Crippen molar-refractivity contribution in [1.82, 2.24) is 0 Å². The predicted molar refractivity (Wildman–Crippen MR) is 55.4 cm³/mol. The average molecular weight is 174 g/mol. The molecule has 0 atom stereocenters. The van der Waals surface area contributed by atoms with Crippen molar-refractivity contribution in [3.8, 4) is 0 Å². The molecule has 0 aliphatic carbocycles. The highest BCUT2D eigenvalue weighted by atomic mass is 16.1. The van der Waals surface area contributed by atoms with Crippen LogP contribution in [0, 0.1) is 0 Å². The molecule has 0 saturated carbocycles. The van der Waals surface area contributed by atoms with Gasteiger partial charge in [-0.25, -0.2) is 0 Å². The molecule has 13 heavy (non-hydrogen) atoms. The van der Waals surface area contributed by atoms with Crippen LogP contribution in [0.2, 0.25) is 0 Å². The van der Waals surface area contributed by atoms with Gasteiger partial charge in [-0.2, -0.15) is 0 Å². The van der Waals surface area contributed by atoms with Crippen LogP contribution in [0.5, 0.6) is 0 Å². The van der Waals surface area contributed by atoms with Crippen molar-refractivity contribution in [3.63, 3.8) is 0 Å². The molecule has 0 bridgehead atoms. The zero-order valence-corrected chi connectivity index (χ0v) is 7.86. The summed E-state index contributed by atoms with van der Waals surface area (Å²) in [5.41, 5.74) is 1.96. The van der Waals surface area contributed by atoms with E-state index in [1.54, 1.807) is 0 Å². The number of hydrogen-bond acceptors (Lipinski definition) is 1. The molecule has 0 heterocycles. The molecule has 68 valence electrons. The Bertz CT molecular complexity index is 285. The van der Waals surface area contributed by atoms with Crippen LogP contribution in [0.1, 0.15) is 25.3 Å². The molecular formula is C12H14O.